The summed E-state index contributed by atoms with van der Waals surface area (Å²) in [5.41, 5.74) is 1.40. The van der Waals surface area contributed by atoms with E-state index in [-0.39, 0.29) is 0 Å². The Bertz CT molecular complexity index is 145. The Balaban J connectivity index is 2.63. The molecule has 0 aromatic carbocycles. The molecule has 0 spiro atoms. The molecule has 1 N–H and O–H groups in total. The lowest BCUT2D eigenvalue weighted by Gasteiger charge is -2.16. The predicted molar refractivity (Wildman–Crippen MR) is 39.6 cm³/mol. The van der Waals surface area contributed by atoms with E-state index in [0.717, 1.165) is 6.42 Å². The van der Waals surface area contributed by atoms with Crippen LogP contribution >= 0.6 is 0 Å². The molecule has 0 fully saturated rings. The first-order valence-electron chi connectivity index (χ1n) is 3.30. The van der Waals surface area contributed by atoms with Crippen molar-refractivity contribution >= 4 is 0 Å². The SMILES string of the molecule is CCC1=CC=CN[C]1C. The highest BCUT2D eigenvalue weighted by atomic mass is 14.9. The van der Waals surface area contributed by atoms with Gasteiger partial charge in [0.2, 0.25) is 0 Å². The van der Waals surface area contributed by atoms with Crippen LogP contribution in [0.15, 0.2) is 23.9 Å². The molecule has 1 radical (unpaired) electrons. The Kier molecular flexibility index (Phi) is 1.93. The van der Waals surface area contributed by atoms with Gasteiger partial charge in [-0.25, -0.2) is 0 Å². The summed E-state index contributed by atoms with van der Waals surface area (Å²) in [5.74, 6) is 0. The summed E-state index contributed by atoms with van der Waals surface area (Å²) in [4.78, 5) is 0. The van der Waals surface area contributed by atoms with E-state index in [1.807, 2.05) is 12.3 Å². The molecule has 1 heterocycles. The lowest BCUT2D eigenvalue weighted by molar-refractivity contribution is 0.844. The van der Waals surface area contributed by atoms with Crippen LogP contribution in [0.5, 0.6) is 0 Å². The second kappa shape index (κ2) is 2.72. The fourth-order valence-electron chi connectivity index (χ4n) is 0.938. The van der Waals surface area contributed by atoms with E-state index >= 15 is 0 Å². The zero-order chi connectivity index (χ0) is 6.69. The van der Waals surface area contributed by atoms with Crippen molar-refractivity contribution in [1.82, 2.24) is 5.32 Å². The summed E-state index contributed by atoms with van der Waals surface area (Å²) in [6.45, 7) is 4.26. The fourth-order valence-corrected chi connectivity index (χ4v) is 0.938. The molecule has 1 heteroatoms. The van der Waals surface area contributed by atoms with Gasteiger partial charge in [-0.3, -0.25) is 0 Å². The summed E-state index contributed by atoms with van der Waals surface area (Å²) in [6.07, 6.45) is 7.25. The quantitative estimate of drug-likeness (QED) is 0.561. The second-order valence-corrected chi connectivity index (χ2v) is 2.17. The van der Waals surface area contributed by atoms with Crippen molar-refractivity contribution in [3.8, 4) is 0 Å². The Labute approximate surface area is 56.5 Å². The van der Waals surface area contributed by atoms with E-state index in [9.17, 15) is 0 Å². The molecule has 0 atom stereocenters. The zero-order valence-corrected chi connectivity index (χ0v) is 5.94. The fraction of sp³-hybridized carbons (Fsp3) is 0.375. The van der Waals surface area contributed by atoms with Gasteiger partial charge in [0.1, 0.15) is 0 Å². The first kappa shape index (κ1) is 6.40. The molecule has 9 heavy (non-hydrogen) atoms. The molecule has 49 valence electrons. The van der Waals surface area contributed by atoms with E-state index in [4.69, 9.17) is 0 Å². The summed E-state index contributed by atoms with van der Waals surface area (Å²) in [7, 11) is 0. The maximum Gasteiger partial charge on any atom is 0.0821 e. The number of hydrogen-bond donors (Lipinski definition) is 1. The number of rotatable bonds is 1. The van der Waals surface area contributed by atoms with Crippen LogP contribution < -0.4 is 5.32 Å². The van der Waals surface area contributed by atoms with E-state index in [2.05, 4.69) is 25.2 Å². The lowest BCUT2D eigenvalue weighted by Crippen LogP contribution is -2.15. The van der Waals surface area contributed by atoms with Gasteiger partial charge in [-0.2, -0.15) is 0 Å². The van der Waals surface area contributed by atoms with Gasteiger partial charge in [0.25, 0.3) is 0 Å². The largest absolute Gasteiger partial charge is 0.379 e. The van der Waals surface area contributed by atoms with E-state index in [1.165, 1.54) is 11.6 Å². The molecular formula is C8H12N. The highest BCUT2D eigenvalue weighted by Gasteiger charge is 2.05. The normalized spacial score (nSPS) is 19.1. The first-order valence-corrected chi connectivity index (χ1v) is 3.30. The van der Waals surface area contributed by atoms with Crippen LogP contribution in [0, 0.1) is 6.04 Å². The van der Waals surface area contributed by atoms with Gasteiger partial charge in [0.05, 0.1) is 6.04 Å². The molecule has 0 amide bonds. The van der Waals surface area contributed by atoms with Gasteiger partial charge in [-0.1, -0.05) is 13.0 Å². The molecule has 1 rings (SSSR count). The zero-order valence-electron chi connectivity index (χ0n) is 5.94. The van der Waals surface area contributed by atoms with Crippen molar-refractivity contribution in [1.29, 1.82) is 0 Å². The van der Waals surface area contributed by atoms with Gasteiger partial charge in [-0.05, 0) is 31.2 Å². The molecule has 0 bridgehead atoms. The van der Waals surface area contributed by atoms with Crippen LogP contribution in [0.4, 0.5) is 0 Å². The van der Waals surface area contributed by atoms with Crippen LogP contribution in [-0.2, 0) is 0 Å². The number of dihydropyridines is 1. The second-order valence-electron chi connectivity index (χ2n) is 2.17. The van der Waals surface area contributed by atoms with Crippen LogP contribution in [0.2, 0.25) is 0 Å². The smallest absolute Gasteiger partial charge is 0.0821 e. The minimum absolute atomic E-state index is 1.11. The number of allylic oxidation sites excluding steroid dienone is 2. The van der Waals surface area contributed by atoms with Crippen LogP contribution in [0.25, 0.3) is 0 Å². The van der Waals surface area contributed by atoms with Crippen molar-refractivity contribution in [3.63, 3.8) is 0 Å². The van der Waals surface area contributed by atoms with Crippen molar-refractivity contribution in [2.24, 2.45) is 0 Å². The Hall–Kier alpha value is -0.720. The average molecular weight is 122 g/mol. The standard InChI is InChI=1S/C8H12N/c1-3-8-5-4-6-9-7(8)2/h4-6,9H,3H2,1-2H3. The van der Waals surface area contributed by atoms with Crippen LogP contribution in [0.1, 0.15) is 20.3 Å². The summed E-state index contributed by atoms with van der Waals surface area (Å²) < 4.78 is 0. The third-order valence-electron chi connectivity index (χ3n) is 1.56. The average Bonchev–Trinajstić information content (AvgIpc) is 1.89. The monoisotopic (exact) mass is 122 g/mol. The highest BCUT2D eigenvalue weighted by Crippen LogP contribution is 2.15. The van der Waals surface area contributed by atoms with Gasteiger partial charge in [-0.15, -0.1) is 0 Å². The molecular weight excluding hydrogens is 110 g/mol. The molecule has 0 aliphatic carbocycles. The number of hydrogen-bond acceptors (Lipinski definition) is 1. The van der Waals surface area contributed by atoms with Crippen molar-refractivity contribution in [2.75, 3.05) is 0 Å². The number of nitrogens with one attached hydrogen (secondary N) is 1. The third-order valence-corrected chi connectivity index (χ3v) is 1.56. The first-order chi connectivity index (χ1) is 4.34. The molecule has 0 unspecified atom stereocenters. The van der Waals surface area contributed by atoms with Gasteiger partial charge < -0.3 is 5.32 Å². The minimum atomic E-state index is 1.11. The maximum atomic E-state index is 3.15. The van der Waals surface area contributed by atoms with E-state index in [0.29, 0.717) is 0 Å². The van der Waals surface area contributed by atoms with Crippen LogP contribution in [0.3, 0.4) is 0 Å². The van der Waals surface area contributed by atoms with Crippen molar-refractivity contribution < 1.29 is 0 Å². The van der Waals surface area contributed by atoms with Crippen LogP contribution in [-0.4, -0.2) is 0 Å². The van der Waals surface area contributed by atoms with E-state index < -0.39 is 0 Å². The summed E-state index contributed by atoms with van der Waals surface area (Å²) in [5, 5.41) is 3.15. The Morgan fingerprint density at radius 2 is 2.33 bits per heavy atom. The Morgan fingerprint density at radius 3 is 2.78 bits per heavy atom. The van der Waals surface area contributed by atoms with Gasteiger partial charge in [0.15, 0.2) is 0 Å². The third kappa shape index (κ3) is 1.35. The van der Waals surface area contributed by atoms with E-state index in [1.54, 1.807) is 0 Å². The molecule has 1 nitrogen and oxygen atoms in total. The highest BCUT2D eigenvalue weighted by molar-refractivity contribution is 5.29. The molecule has 0 saturated heterocycles. The molecule has 0 aromatic rings. The topological polar surface area (TPSA) is 12.0 Å². The molecule has 1 aliphatic rings. The maximum absolute atomic E-state index is 3.15. The molecule has 0 saturated carbocycles. The van der Waals surface area contributed by atoms with Crippen molar-refractivity contribution in [3.05, 3.63) is 30.0 Å². The minimum Gasteiger partial charge on any atom is -0.379 e. The van der Waals surface area contributed by atoms with Crippen molar-refractivity contribution in [2.45, 2.75) is 20.3 Å². The predicted octanol–water partition coefficient (Wildman–Crippen LogP) is 1.99. The van der Waals surface area contributed by atoms with Gasteiger partial charge in [0, 0.05) is 0 Å². The molecule has 1 aliphatic heterocycles. The summed E-state index contributed by atoms with van der Waals surface area (Å²) in [6, 6.07) is 1.28. The lowest BCUT2D eigenvalue weighted by atomic mass is 10.0. The molecule has 0 aromatic heterocycles. The van der Waals surface area contributed by atoms with Gasteiger partial charge >= 0.3 is 0 Å². The summed E-state index contributed by atoms with van der Waals surface area (Å²) >= 11 is 0. The Morgan fingerprint density at radius 1 is 1.56 bits per heavy atom.